The number of likely N-dealkylation sites (N-methyl/N-ethyl adjacent to an activating group) is 1. The Hall–Kier alpha value is -2.05. The molecule has 140 valence electrons. The predicted octanol–water partition coefficient (Wildman–Crippen LogP) is 2.92. The van der Waals surface area contributed by atoms with Crippen LogP contribution in [0, 0.1) is 0 Å². The molecule has 0 radical (unpaired) electrons. The van der Waals surface area contributed by atoms with E-state index in [4.69, 9.17) is 16.3 Å². The number of likely N-dealkylation sites (tertiary alicyclic amines) is 1. The third-order valence-electron chi connectivity index (χ3n) is 4.85. The summed E-state index contributed by atoms with van der Waals surface area (Å²) in [5.41, 5.74) is 1.10. The molecular weight excluding hydrogens is 350 g/mol. The Morgan fingerprint density at radius 1 is 1.27 bits per heavy atom. The number of methoxy groups -OCH3 is 1. The molecule has 6 nitrogen and oxygen atoms in total. The number of nitrogens with zero attached hydrogens (tertiary/aromatic N) is 5. The van der Waals surface area contributed by atoms with Gasteiger partial charge in [-0.3, -0.25) is 4.90 Å². The van der Waals surface area contributed by atoms with Gasteiger partial charge in [0, 0.05) is 53.0 Å². The molecule has 1 fully saturated rings. The molecule has 0 spiro atoms. The smallest absolute Gasteiger partial charge is 0.227 e. The summed E-state index contributed by atoms with van der Waals surface area (Å²) in [6.07, 6.45) is 2.89. The van der Waals surface area contributed by atoms with Crippen molar-refractivity contribution >= 4 is 23.4 Å². The molecule has 0 aliphatic carbocycles. The molecule has 2 aromatic rings. The molecule has 1 unspecified atom stereocenters. The quantitative estimate of drug-likeness (QED) is 0.773. The summed E-state index contributed by atoms with van der Waals surface area (Å²) < 4.78 is 5.32. The van der Waals surface area contributed by atoms with Crippen LogP contribution in [0.4, 0.5) is 11.8 Å². The van der Waals surface area contributed by atoms with Gasteiger partial charge < -0.3 is 14.5 Å². The van der Waals surface area contributed by atoms with Gasteiger partial charge in [-0.15, -0.1) is 0 Å². The maximum atomic E-state index is 6.44. The summed E-state index contributed by atoms with van der Waals surface area (Å²) in [6, 6.07) is 8.24. The summed E-state index contributed by atoms with van der Waals surface area (Å²) in [7, 11) is 7.69. The van der Waals surface area contributed by atoms with Crippen LogP contribution in [0.2, 0.25) is 5.02 Å². The second kappa shape index (κ2) is 8.10. The van der Waals surface area contributed by atoms with Crippen molar-refractivity contribution in [3.8, 4) is 5.75 Å². The molecule has 1 aliphatic rings. The van der Waals surface area contributed by atoms with E-state index >= 15 is 0 Å². The molecule has 7 heteroatoms. The normalized spacial score (nSPS) is 17.3. The predicted molar refractivity (Wildman–Crippen MR) is 106 cm³/mol. The zero-order valence-corrected chi connectivity index (χ0v) is 16.6. The number of anilines is 2. The van der Waals surface area contributed by atoms with Gasteiger partial charge in [-0.25, -0.2) is 4.98 Å². The van der Waals surface area contributed by atoms with Crippen molar-refractivity contribution in [3.63, 3.8) is 0 Å². The van der Waals surface area contributed by atoms with Crippen molar-refractivity contribution in [3.05, 3.63) is 41.0 Å². The lowest BCUT2D eigenvalue weighted by Gasteiger charge is -2.26. The van der Waals surface area contributed by atoms with Crippen molar-refractivity contribution in [1.82, 2.24) is 14.9 Å². The van der Waals surface area contributed by atoms with E-state index in [1.54, 1.807) is 7.11 Å². The number of hydrogen-bond acceptors (Lipinski definition) is 6. The SMILES string of the molecule is COc1cccc(CN2CCC(N(C)c3nccc(N(C)C)n3)C2)c1Cl. The van der Waals surface area contributed by atoms with Crippen molar-refractivity contribution in [2.75, 3.05) is 51.1 Å². The Balaban J connectivity index is 1.66. The van der Waals surface area contributed by atoms with E-state index in [9.17, 15) is 0 Å². The molecule has 26 heavy (non-hydrogen) atoms. The van der Waals surface area contributed by atoms with E-state index in [0.29, 0.717) is 11.1 Å². The molecule has 0 bridgehead atoms. The van der Waals surface area contributed by atoms with E-state index in [1.807, 2.05) is 43.4 Å². The maximum absolute atomic E-state index is 6.44. The summed E-state index contributed by atoms with van der Waals surface area (Å²) in [4.78, 5) is 15.7. The van der Waals surface area contributed by atoms with Crippen LogP contribution in [-0.2, 0) is 6.54 Å². The van der Waals surface area contributed by atoms with Gasteiger partial charge >= 0.3 is 0 Å². The van der Waals surface area contributed by atoms with Crippen LogP contribution in [0.1, 0.15) is 12.0 Å². The van der Waals surface area contributed by atoms with Gasteiger partial charge in [0.05, 0.1) is 12.1 Å². The third-order valence-corrected chi connectivity index (χ3v) is 5.28. The molecule has 1 saturated heterocycles. The molecule has 1 aromatic heterocycles. The van der Waals surface area contributed by atoms with Crippen LogP contribution in [0.3, 0.4) is 0 Å². The number of hydrogen-bond donors (Lipinski definition) is 0. The van der Waals surface area contributed by atoms with Crippen molar-refractivity contribution in [1.29, 1.82) is 0 Å². The Labute approximate surface area is 160 Å². The Morgan fingerprint density at radius 3 is 2.81 bits per heavy atom. The fraction of sp³-hybridized carbons (Fsp3) is 0.474. The van der Waals surface area contributed by atoms with Gasteiger partial charge in [-0.05, 0) is 24.1 Å². The van der Waals surface area contributed by atoms with E-state index in [-0.39, 0.29) is 0 Å². The van der Waals surface area contributed by atoms with Gasteiger partial charge in [-0.2, -0.15) is 4.98 Å². The van der Waals surface area contributed by atoms with Crippen LogP contribution >= 0.6 is 11.6 Å². The topological polar surface area (TPSA) is 44.7 Å². The lowest BCUT2D eigenvalue weighted by molar-refractivity contribution is 0.324. The van der Waals surface area contributed by atoms with Gasteiger partial charge in [0.2, 0.25) is 5.95 Å². The first-order chi connectivity index (χ1) is 12.5. The average Bonchev–Trinajstić information content (AvgIpc) is 3.11. The fourth-order valence-electron chi connectivity index (χ4n) is 3.27. The Bertz CT molecular complexity index is 754. The highest BCUT2D eigenvalue weighted by molar-refractivity contribution is 6.32. The molecule has 1 atom stereocenters. The summed E-state index contributed by atoms with van der Waals surface area (Å²) in [5, 5.41) is 0.703. The van der Waals surface area contributed by atoms with Crippen LogP contribution in [0.5, 0.6) is 5.75 Å². The number of ether oxygens (including phenoxy) is 1. The molecule has 1 aliphatic heterocycles. The van der Waals surface area contributed by atoms with E-state index < -0.39 is 0 Å². The number of aromatic nitrogens is 2. The molecule has 3 rings (SSSR count). The fourth-order valence-corrected chi connectivity index (χ4v) is 3.53. The zero-order valence-electron chi connectivity index (χ0n) is 15.8. The minimum absolute atomic E-state index is 0.386. The van der Waals surface area contributed by atoms with Gasteiger partial charge in [0.1, 0.15) is 11.6 Å². The number of benzene rings is 1. The van der Waals surface area contributed by atoms with Crippen LogP contribution < -0.4 is 14.5 Å². The summed E-state index contributed by atoms with van der Waals surface area (Å²) in [5.74, 6) is 2.41. The van der Waals surface area contributed by atoms with Crippen LogP contribution in [0.25, 0.3) is 0 Å². The average molecular weight is 376 g/mol. The minimum Gasteiger partial charge on any atom is -0.495 e. The van der Waals surface area contributed by atoms with Gasteiger partial charge in [-0.1, -0.05) is 23.7 Å². The third kappa shape index (κ3) is 4.02. The Morgan fingerprint density at radius 2 is 2.08 bits per heavy atom. The van der Waals surface area contributed by atoms with Crippen molar-refractivity contribution in [2.24, 2.45) is 0 Å². The largest absolute Gasteiger partial charge is 0.495 e. The number of halogens is 1. The highest BCUT2D eigenvalue weighted by Crippen LogP contribution is 2.30. The minimum atomic E-state index is 0.386. The monoisotopic (exact) mass is 375 g/mol. The molecule has 1 aromatic carbocycles. The van der Waals surface area contributed by atoms with E-state index in [2.05, 4.69) is 32.9 Å². The first kappa shape index (κ1) is 18.7. The van der Waals surface area contributed by atoms with Gasteiger partial charge in [0.15, 0.2) is 0 Å². The van der Waals surface area contributed by atoms with E-state index in [1.165, 1.54) is 0 Å². The summed E-state index contributed by atoms with van der Waals surface area (Å²) >= 11 is 6.44. The maximum Gasteiger partial charge on any atom is 0.227 e. The standard InChI is InChI=1S/C19H26ClN5O/c1-23(2)17-8-10-21-19(22-17)24(3)15-9-11-25(13-15)12-14-6-5-7-16(26-4)18(14)20/h5-8,10,15H,9,11-13H2,1-4H3. The molecule has 0 saturated carbocycles. The highest BCUT2D eigenvalue weighted by Gasteiger charge is 2.27. The second-order valence-corrected chi connectivity index (χ2v) is 7.21. The van der Waals surface area contributed by atoms with Crippen LogP contribution in [0.15, 0.2) is 30.5 Å². The van der Waals surface area contributed by atoms with Crippen molar-refractivity contribution in [2.45, 2.75) is 19.0 Å². The van der Waals surface area contributed by atoms with Crippen molar-refractivity contribution < 1.29 is 4.74 Å². The lowest BCUT2D eigenvalue weighted by Crippen LogP contribution is -2.35. The molecule has 2 heterocycles. The van der Waals surface area contributed by atoms with Crippen LogP contribution in [-0.4, -0.2) is 62.3 Å². The summed E-state index contributed by atoms with van der Waals surface area (Å²) in [6.45, 7) is 2.80. The first-order valence-corrected chi connectivity index (χ1v) is 9.14. The zero-order chi connectivity index (χ0) is 18.7. The molecule has 0 amide bonds. The first-order valence-electron chi connectivity index (χ1n) is 8.76. The van der Waals surface area contributed by atoms with E-state index in [0.717, 1.165) is 49.1 Å². The molecular formula is C19H26ClN5O. The second-order valence-electron chi connectivity index (χ2n) is 6.83. The highest BCUT2D eigenvalue weighted by atomic mass is 35.5. The molecule has 0 N–H and O–H groups in total. The van der Waals surface area contributed by atoms with Gasteiger partial charge in [0.25, 0.3) is 0 Å². The lowest BCUT2D eigenvalue weighted by atomic mass is 10.2. The Kier molecular flexibility index (Phi) is 5.84. The number of rotatable bonds is 6.